The number of carbonyl (C=O) groups excluding carboxylic acids is 1. The fraction of sp³-hybridized carbons (Fsp3) is 0.545. The summed E-state index contributed by atoms with van der Waals surface area (Å²) in [5, 5.41) is 12.1. The van der Waals surface area contributed by atoms with Gasteiger partial charge in [-0.3, -0.25) is 4.79 Å². The molecule has 1 heterocycles. The molecule has 2 rings (SSSR count). The van der Waals surface area contributed by atoms with Gasteiger partial charge in [-0.15, -0.1) is 0 Å². The normalized spacial score (nSPS) is 11.7. The smallest absolute Gasteiger partial charge is 0.181 e. The van der Waals surface area contributed by atoms with E-state index in [1.165, 1.54) is 44.6 Å². The maximum absolute atomic E-state index is 11.3. The molecular weight excluding hydrogens is 338 g/mol. The van der Waals surface area contributed by atoms with Crippen LogP contribution in [0.25, 0.3) is 17.1 Å². The van der Waals surface area contributed by atoms with Crippen LogP contribution in [0, 0.1) is 0 Å². The molecule has 0 bridgehead atoms. The zero-order valence-electron chi connectivity index (χ0n) is 16.7. The number of aliphatic hydroxyl groups is 1. The van der Waals surface area contributed by atoms with Crippen molar-refractivity contribution in [2.45, 2.75) is 58.4 Å². The Morgan fingerprint density at radius 1 is 1.22 bits per heavy atom. The summed E-state index contributed by atoms with van der Waals surface area (Å²) in [4.78, 5) is 16.1. The number of hydrogen-bond donors (Lipinski definition) is 2. The standard InChI is InChI=1S/C22H33N3O2/c1-3-4-5-6-7-8-9-22-24-20-16-18(10-12-19(27)17-26)11-13-21(20)25(22)15-14-23-2/h10-13,16,23,26H,3-9,14-15,17H2,1-2H3/b12-10+. The van der Waals surface area contributed by atoms with Gasteiger partial charge in [0.2, 0.25) is 0 Å². The minimum atomic E-state index is -0.459. The van der Waals surface area contributed by atoms with Crippen molar-refractivity contribution in [2.24, 2.45) is 0 Å². The second-order valence-electron chi connectivity index (χ2n) is 7.01. The van der Waals surface area contributed by atoms with E-state index >= 15 is 0 Å². The number of ketones is 1. The highest BCUT2D eigenvalue weighted by molar-refractivity contribution is 5.94. The van der Waals surface area contributed by atoms with E-state index in [-0.39, 0.29) is 5.78 Å². The lowest BCUT2D eigenvalue weighted by Crippen LogP contribution is -2.16. The highest BCUT2D eigenvalue weighted by atomic mass is 16.3. The number of benzene rings is 1. The lowest BCUT2D eigenvalue weighted by molar-refractivity contribution is -0.117. The van der Waals surface area contributed by atoms with Gasteiger partial charge in [0, 0.05) is 19.5 Å². The molecule has 0 fully saturated rings. The molecule has 1 aromatic carbocycles. The molecule has 0 atom stereocenters. The molecule has 2 aromatic rings. The largest absolute Gasteiger partial charge is 0.388 e. The Morgan fingerprint density at radius 2 is 2.00 bits per heavy atom. The molecule has 0 radical (unpaired) electrons. The second kappa shape index (κ2) is 11.7. The van der Waals surface area contributed by atoms with Crippen molar-refractivity contribution in [3.8, 4) is 0 Å². The molecular formula is C22H33N3O2. The molecule has 0 amide bonds. The third kappa shape index (κ3) is 6.60. The fourth-order valence-corrected chi connectivity index (χ4v) is 3.27. The van der Waals surface area contributed by atoms with Crippen LogP contribution in [0.2, 0.25) is 0 Å². The number of likely N-dealkylation sites (N-methyl/N-ethyl adjacent to an activating group) is 1. The van der Waals surface area contributed by atoms with Crippen molar-refractivity contribution in [2.75, 3.05) is 20.2 Å². The van der Waals surface area contributed by atoms with Gasteiger partial charge in [0.05, 0.1) is 11.0 Å². The summed E-state index contributed by atoms with van der Waals surface area (Å²) in [7, 11) is 1.97. The maximum atomic E-state index is 11.3. The molecule has 0 aliphatic carbocycles. The number of unbranched alkanes of at least 4 members (excludes halogenated alkanes) is 5. The highest BCUT2D eigenvalue weighted by Crippen LogP contribution is 2.20. The van der Waals surface area contributed by atoms with Gasteiger partial charge in [-0.05, 0) is 37.2 Å². The van der Waals surface area contributed by atoms with Gasteiger partial charge in [0.15, 0.2) is 5.78 Å². The number of aromatic nitrogens is 2. The number of hydrogen-bond acceptors (Lipinski definition) is 4. The van der Waals surface area contributed by atoms with Crippen LogP contribution in [0.4, 0.5) is 0 Å². The van der Waals surface area contributed by atoms with Crippen LogP contribution in [-0.2, 0) is 17.8 Å². The quantitative estimate of drug-likeness (QED) is 0.416. The van der Waals surface area contributed by atoms with E-state index in [0.29, 0.717) is 0 Å². The van der Waals surface area contributed by atoms with Crippen molar-refractivity contribution in [1.29, 1.82) is 0 Å². The molecule has 0 saturated heterocycles. The summed E-state index contributed by atoms with van der Waals surface area (Å²) in [6.07, 6.45) is 11.8. The molecule has 2 N–H and O–H groups in total. The molecule has 0 saturated carbocycles. The van der Waals surface area contributed by atoms with Gasteiger partial charge in [0.25, 0.3) is 0 Å². The molecule has 1 aromatic heterocycles. The Morgan fingerprint density at radius 3 is 2.74 bits per heavy atom. The number of aryl methyl sites for hydroxylation is 1. The van der Waals surface area contributed by atoms with Gasteiger partial charge in [-0.2, -0.15) is 0 Å². The predicted molar refractivity (Wildman–Crippen MR) is 112 cm³/mol. The fourth-order valence-electron chi connectivity index (χ4n) is 3.27. The van der Waals surface area contributed by atoms with E-state index in [4.69, 9.17) is 10.1 Å². The highest BCUT2D eigenvalue weighted by Gasteiger charge is 2.10. The van der Waals surface area contributed by atoms with Crippen LogP contribution in [0.15, 0.2) is 24.3 Å². The summed E-state index contributed by atoms with van der Waals surface area (Å²) < 4.78 is 2.31. The Labute approximate surface area is 162 Å². The van der Waals surface area contributed by atoms with Crippen LogP contribution < -0.4 is 5.32 Å². The Hall–Kier alpha value is -1.98. The van der Waals surface area contributed by atoms with Gasteiger partial charge in [-0.1, -0.05) is 51.2 Å². The number of imidazole rings is 1. The van der Waals surface area contributed by atoms with Crippen LogP contribution in [-0.4, -0.2) is 40.6 Å². The number of aliphatic hydroxyl groups excluding tert-OH is 1. The van der Waals surface area contributed by atoms with Crippen molar-refractivity contribution in [3.63, 3.8) is 0 Å². The summed E-state index contributed by atoms with van der Waals surface area (Å²) in [5.74, 6) is 0.849. The second-order valence-corrected chi connectivity index (χ2v) is 7.01. The van der Waals surface area contributed by atoms with Gasteiger partial charge >= 0.3 is 0 Å². The predicted octanol–water partition coefficient (Wildman–Crippen LogP) is 3.73. The number of rotatable bonds is 13. The van der Waals surface area contributed by atoms with Gasteiger partial charge in [-0.25, -0.2) is 4.98 Å². The molecule has 0 spiro atoms. The Bertz CT molecular complexity index is 749. The first-order valence-corrected chi connectivity index (χ1v) is 10.1. The molecule has 5 heteroatoms. The van der Waals surface area contributed by atoms with Crippen LogP contribution in [0.5, 0.6) is 0 Å². The van der Waals surface area contributed by atoms with E-state index < -0.39 is 6.61 Å². The van der Waals surface area contributed by atoms with Crippen molar-refractivity contribution in [1.82, 2.24) is 14.9 Å². The minimum absolute atomic E-state index is 0.293. The van der Waals surface area contributed by atoms with Crippen LogP contribution in [0.3, 0.4) is 0 Å². The zero-order valence-corrected chi connectivity index (χ0v) is 16.7. The lowest BCUT2D eigenvalue weighted by Gasteiger charge is -2.09. The van der Waals surface area contributed by atoms with E-state index in [1.807, 2.05) is 19.2 Å². The SMILES string of the molecule is CCCCCCCCc1nc2cc(/C=C/C(=O)CO)ccc2n1CCNC. The number of fused-ring (bicyclic) bond motifs is 1. The first-order valence-electron chi connectivity index (χ1n) is 10.1. The molecule has 5 nitrogen and oxygen atoms in total. The van der Waals surface area contributed by atoms with Crippen LogP contribution >= 0.6 is 0 Å². The summed E-state index contributed by atoms with van der Waals surface area (Å²) in [6.45, 7) is 3.59. The maximum Gasteiger partial charge on any atom is 0.181 e. The third-order valence-corrected chi connectivity index (χ3v) is 4.81. The topological polar surface area (TPSA) is 67.1 Å². The van der Waals surface area contributed by atoms with Crippen molar-refractivity contribution >= 4 is 22.9 Å². The minimum Gasteiger partial charge on any atom is -0.388 e. The zero-order chi connectivity index (χ0) is 19.5. The molecule has 0 aliphatic rings. The first kappa shape index (κ1) is 21.3. The average molecular weight is 372 g/mol. The van der Waals surface area contributed by atoms with E-state index in [2.05, 4.69) is 22.9 Å². The lowest BCUT2D eigenvalue weighted by atomic mass is 10.1. The van der Waals surface area contributed by atoms with E-state index in [1.54, 1.807) is 6.08 Å². The number of nitrogens with zero attached hydrogens (tertiary/aromatic N) is 2. The van der Waals surface area contributed by atoms with Gasteiger partial charge in [0.1, 0.15) is 12.4 Å². The Balaban J connectivity index is 2.13. The number of carbonyl (C=O) groups is 1. The monoisotopic (exact) mass is 371 g/mol. The van der Waals surface area contributed by atoms with Gasteiger partial charge < -0.3 is 15.0 Å². The molecule has 0 unspecified atom stereocenters. The first-order chi connectivity index (χ1) is 13.2. The summed E-state index contributed by atoms with van der Waals surface area (Å²) >= 11 is 0. The summed E-state index contributed by atoms with van der Waals surface area (Å²) in [5.41, 5.74) is 3.02. The van der Waals surface area contributed by atoms with Crippen LogP contribution in [0.1, 0.15) is 56.8 Å². The summed E-state index contributed by atoms with van der Waals surface area (Å²) in [6, 6.07) is 6.08. The number of nitrogens with one attached hydrogen (secondary N) is 1. The van der Waals surface area contributed by atoms with E-state index in [0.717, 1.165) is 41.9 Å². The molecule has 27 heavy (non-hydrogen) atoms. The third-order valence-electron chi connectivity index (χ3n) is 4.81. The molecule has 148 valence electrons. The molecule has 0 aliphatic heterocycles. The van der Waals surface area contributed by atoms with Crippen molar-refractivity contribution in [3.05, 3.63) is 35.7 Å². The average Bonchev–Trinajstić information content (AvgIpc) is 3.03. The van der Waals surface area contributed by atoms with Crippen molar-refractivity contribution < 1.29 is 9.90 Å². The Kier molecular flexibility index (Phi) is 9.22. The van der Waals surface area contributed by atoms with E-state index in [9.17, 15) is 4.79 Å².